The monoisotopic (exact) mass is 348 g/mol. The highest BCUT2D eigenvalue weighted by atomic mass is 32.1. The SMILES string of the molecule is COCCN1CCN(C(=S)N/N=C2/CCNc3cccnc32)CC1. The Balaban J connectivity index is 1.53. The van der Waals surface area contributed by atoms with Gasteiger partial charge in [-0.2, -0.15) is 5.10 Å². The second kappa shape index (κ2) is 8.36. The van der Waals surface area contributed by atoms with Crippen LogP contribution in [0, 0.1) is 0 Å². The number of pyridine rings is 1. The summed E-state index contributed by atoms with van der Waals surface area (Å²) < 4.78 is 5.13. The van der Waals surface area contributed by atoms with Gasteiger partial charge in [-0.15, -0.1) is 0 Å². The first-order valence-corrected chi connectivity index (χ1v) is 8.71. The van der Waals surface area contributed by atoms with E-state index in [1.54, 1.807) is 13.3 Å². The molecule has 130 valence electrons. The van der Waals surface area contributed by atoms with Crippen molar-refractivity contribution in [1.82, 2.24) is 20.2 Å². The first-order chi connectivity index (χ1) is 11.8. The molecule has 3 heterocycles. The van der Waals surface area contributed by atoms with E-state index in [2.05, 4.69) is 30.6 Å². The van der Waals surface area contributed by atoms with E-state index in [1.165, 1.54) is 0 Å². The quantitative estimate of drug-likeness (QED) is 0.615. The molecule has 7 nitrogen and oxygen atoms in total. The Bertz CT molecular complexity index is 600. The Morgan fingerprint density at radius 2 is 2.25 bits per heavy atom. The lowest BCUT2D eigenvalue weighted by molar-refractivity contribution is 0.120. The number of piperazine rings is 1. The Hall–Kier alpha value is -1.77. The minimum absolute atomic E-state index is 0.685. The van der Waals surface area contributed by atoms with Crippen LogP contribution in [0.25, 0.3) is 0 Å². The van der Waals surface area contributed by atoms with Crippen LogP contribution in [0.5, 0.6) is 0 Å². The molecule has 0 unspecified atom stereocenters. The summed E-state index contributed by atoms with van der Waals surface area (Å²) in [5.74, 6) is 0. The molecule has 0 radical (unpaired) electrons. The molecule has 1 saturated heterocycles. The number of thiocarbonyl (C=S) groups is 1. The largest absolute Gasteiger partial charge is 0.383 e. The van der Waals surface area contributed by atoms with Gasteiger partial charge in [0, 0.05) is 59.0 Å². The van der Waals surface area contributed by atoms with Crippen molar-refractivity contribution in [3.63, 3.8) is 0 Å². The summed E-state index contributed by atoms with van der Waals surface area (Å²) >= 11 is 5.50. The number of ether oxygens (including phenoxy) is 1. The fourth-order valence-corrected chi connectivity index (χ4v) is 3.13. The molecule has 3 rings (SSSR count). The van der Waals surface area contributed by atoms with Crippen LogP contribution in [-0.4, -0.2) is 78.6 Å². The Morgan fingerprint density at radius 3 is 3.04 bits per heavy atom. The molecule has 1 aromatic rings. The van der Waals surface area contributed by atoms with E-state index in [9.17, 15) is 0 Å². The molecular weight excluding hydrogens is 324 g/mol. The van der Waals surface area contributed by atoms with Crippen molar-refractivity contribution in [2.45, 2.75) is 6.42 Å². The van der Waals surface area contributed by atoms with Crippen LogP contribution >= 0.6 is 12.2 Å². The van der Waals surface area contributed by atoms with Gasteiger partial charge >= 0.3 is 0 Å². The average molecular weight is 348 g/mol. The van der Waals surface area contributed by atoms with Crippen molar-refractivity contribution < 1.29 is 4.74 Å². The van der Waals surface area contributed by atoms with E-state index in [0.29, 0.717) is 5.11 Å². The van der Waals surface area contributed by atoms with Gasteiger partial charge in [0.25, 0.3) is 0 Å². The second-order valence-electron chi connectivity index (χ2n) is 5.87. The fraction of sp³-hybridized carbons (Fsp3) is 0.562. The smallest absolute Gasteiger partial charge is 0.189 e. The third-order valence-corrected chi connectivity index (χ3v) is 4.67. The summed E-state index contributed by atoms with van der Waals surface area (Å²) in [5.41, 5.74) is 5.94. The predicted molar refractivity (Wildman–Crippen MR) is 99.5 cm³/mol. The zero-order valence-electron chi connectivity index (χ0n) is 14.0. The van der Waals surface area contributed by atoms with Gasteiger partial charge in [-0.1, -0.05) is 0 Å². The number of hydrogen-bond donors (Lipinski definition) is 2. The third-order valence-electron chi connectivity index (χ3n) is 4.32. The summed E-state index contributed by atoms with van der Waals surface area (Å²) in [6, 6.07) is 3.95. The van der Waals surface area contributed by atoms with Gasteiger partial charge in [-0.25, -0.2) is 0 Å². The Labute approximate surface area is 148 Å². The summed E-state index contributed by atoms with van der Waals surface area (Å²) in [4.78, 5) is 8.98. The normalized spacial score (nSPS) is 19.7. The topological polar surface area (TPSA) is 65.0 Å². The van der Waals surface area contributed by atoms with E-state index < -0.39 is 0 Å². The molecule has 0 aliphatic carbocycles. The maximum atomic E-state index is 5.50. The summed E-state index contributed by atoms with van der Waals surface area (Å²) in [5, 5.41) is 8.54. The maximum absolute atomic E-state index is 5.50. The molecule has 0 atom stereocenters. The van der Waals surface area contributed by atoms with Gasteiger partial charge < -0.3 is 15.0 Å². The number of nitrogens with one attached hydrogen (secondary N) is 2. The van der Waals surface area contributed by atoms with Gasteiger partial charge in [0.15, 0.2) is 5.11 Å². The first kappa shape index (κ1) is 17.1. The molecule has 8 heteroatoms. The number of methoxy groups -OCH3 is 1. The zero-order chi connectivity index (χ0) is 16.8. The number of hydrazone groups is 1. The number of anilines is 1. The van der Waals surface area contributed by atoms with Gasteiger partial charge in [0.1, 0.15) is 5.69 Å². The second-order valence-corrected chi connectivity index (χ2v) is 6.26. The third kappa shape index (κ3) is 4.19. The van der Waals surface area contributed by atoms with Gasteiger partial charge in [-0.05, 0) is 24.4 Å². The molecule has 1 fully saturated rings. The predicted octanol–water partition coefficient (Wildman–Crippen LogP) is 0.740. The van der Waals surface area contributed by atoms with Crippen LogP contribution in [0.1, 0.15) is 12.1 Å². The van der Waals surface area contributed by atoms with Crippen LogP contribution in [-0.2, 0) is 4.74 Å². The van der Waals surface area contributed by atoms with Crippen LogP contribution < -0.4 is 10.7 Å². The fourth-order valence-electron chi connectivity index (χ4n) is 2.90. The summed E-state index contributed by atoms with van der Waals surface area (Å²) in [6.07, 6.45) is 2.63. The molecular formula is C16H24N6OS. The van der Waals surface area contributed by atoms with E-state index in [4.69, 9.17) is 17.0 Å². The molecule has 1 aromatic heterocycles. The highest BCUT2D eigenvalue weighted by molar-refractivity contribution is 7.80. The molecule has 0 aromatic carbocycles. The van der Waals surface area contributed by atoms with Crippen molar-refractivity contribution in [2.75, 3.05) is 58.3 Å². The number of nitrogens with zero attached hydrogens (tertiary/aromatic N) is 4. The van der Waals surface area contributed by atoms with E-state index >= 15 is 0 Å². The molecule has 2 aliphatic heterocycles. The highest BCUT2D eigenvalue weighted by Gasteiger charge is 2.19. The maximum Gasteiger partial charge on any atom is 0.189 e. The van der Waals surface area contributed by atoms with Crippen LogP contribution in [0.3, 0.4) is 0 Å². The Morgan fingerprint density at radius 1 is 1.42 bits per heavy atom. The van der Waals surface area contributed by atoms with E-state index in [0.717, 1.165) is 69.4 Å². The number of rotatable bonds is 4. The Kier molecular flexibility index (Phi) is 5.95. The van der Waals surface area contributed by atoms with E-state index in [1.807, 2.05) is 12.1 Å². The van der Waals surface area contributed by atoms with Crippen molar-refractivity contribution in [3.8, 4) is 0 Å². The van der Waals surface area contributed by atoms with Crippen molar-refractivity contribution >= 4 is 28.7 Å². The molecule has 0 amide bonds. The number of fused-ring (bicyclic) bond motifs is 1. The van der Waals surface area contributed by atoms with Gasteiger partial charge in [0.05, 0.1) is 18.0 Å². The van der Waals surface area contributed by atoms with E-state index in [-0.39, 0.29) is 0 Å². The van der Waals surface area contributed by atoms with Crippen LogP contribution in [0.2, 0.25) is 0 Å². The van der Waals surface area contributed by atoms with Crippen molar-refractivity contribution in [3.05, 3.63) is 24.0 Å². The lowest BCUT2D eigenvalue weighted by atomic mass is 10.1. The number of aromatic nitrogens is 1. The van der Waals surface area contributed by atoms with Gasteiger partial charge in [0.2, 0.25) is 0 Å². The molecule has 24 heavy (non-hydrogen) atoms. The molecule has 0 spiro atoms. The summed E-state index contributed by atoms with van der Waals surface area (Å²) in [7, 11) is 1.74. The molecule has 2 aliphatic rings. The molecule has 0 bridgehead atoms. The van der Waals surface area contributed by atoms with Crippen molar-refractivity contribution in [1.29, 1.82) is 0 Å². The lowest BCUT2D eigenvalue weighted by Gasteiger charge is -2.35. The zero-order valence-corrected chi connectivity index (χ0v) is 14.8. The average Bonchev–Trinajstić information content (AvgIpc) is 2.64. The van der Waals surface area contributed by atoms with Gasteiger partial charge in [-0.3, -0.25) is 15.3 Å². The molecule has 0 saturated carbocycles. The van der Waals surface area contributed by atoms with Crippen LogP contribution in [0.15, 0.2) is 23.4 Å². The molecule has 2 N–H and O–H groups in total. The van der Waals surface area contributed by atoms with Crippen LogP contribution in [0.4, 0.5) is 5.69 Å². The standard InChI is InChI=1S/C16H24N6OS/c1-23-12-11-21-7-9-22(10-8-21)16(24)20-19-14-4-6-17-13-3-2-5-18-15(13)14/h2-3,5,17H,4,6-12H2,1H3,(H,20,24)/b19-14-. The first-order valence-electron chi connectivity index (χ1n) is 8.30. The minimum Gasteiger partial charge on any atom is -0.383 e. The highest BCUT2D eigenvalue weighted by Crippen LogP contribution is 2.18. The summed E-state index contributed by atoms with van der Waals surface area (Å²) in [6.45, 7) is 6.43. The lowest BCUT2D eigenvalue weighted by Crippen LogP contribution is -2.51. The minimum atomic E-state index is 0.685. The number of hydrogen-bond acceptors (Lipinski definition) is 6. The van der Waals surface area contributed by atoms with Crippen molar-refractivity contribution in [2.24, 2.45) is 5.10 Å².